The van der Waals surface area contributed by atoms with Gasteiger partial charge in [-0.15, -0.1) is 20.4 Å². The van der Waals surface area contributed by atoms with E-state index in [0.717, 1.165) is 0 Å². The molecule has 0 saturated carbocycles. The van der Waals surface area contributed by atoms with E-state index in [2.05, 4.69) is 60.6 Å². The van der Waals surface area contributed by atoms with Crippen LogP contribution in [-0.4, -0.2) is 30.4 Å². The molecule has 14 nitrogen and oxygen atoms in total. The zero-order chi connectivity index (χ0) is 12.8. The Hall–Kier alpha value is -3.50. The molecule has 2 heterocycles. The summed E-state index contributed by atoms with van der Waals surface area (Å²) in [6.45, 7) is 0. The van der Waals surface area contributed by atoms with Crippen LogP contribution in [0.1, 0.15) is 0 Å². The van der Waals surface area contributed by atoms with Gasteiger partial charge in [0.2, 0.25) is 11.9 Å². The molecule has 18 heavy (non-hydrogen) atoms. The van der Waals surface area contributed by atoms with E-state index in [1.165, 1.54) is 0 Å². The Morgan fingerprint density at radius 3 is 1.67 bits per heavy atom. The SMILES string of the molecule is [N-]=[N+]=Nc1nc(N=Nc2n[nH]c(N=[N+]=[N-])n2)n[nH]1. The summed E-state index contributed by atoms with van der Waals surface area (Å²) in [4.78, 5) is 12.3. The molecule has 0 saturated heterocycles. The van der Waals surface area contributed by atoms with Gasteiger partial charge < -0.3 is 0 Å². The van der Waals surface area contributed by atoms with Crippen LogP contribution in [-0.2, 0) is 0 Å². The van der Waals surface area contributed by atoms with Crippen LogP contribution < -0.4 is 0 Å². The summed E-state index contributed by atoms with van der Waals surface area (Å²) in [6.07, 6.45) is 0. The lowest BCUT2D eigenvalue weighted by atomic mass is 11.0. The minimum absolute atomic E-state index is 0.0452. The fourth-order valence-electron chi connectivity index (χ4n) is 0.842. The van der Waals surface area contributed by atoms with E-state index < -0.39 is 0 Å². The van der Waals surface area contributed by atoms with Crippen LogP contribution in [0, 0.1) is 0 Å². The number of nitrogens with one attached hydrogen (secondary N) is 2. The second-order valence-corrected chi connectivity index (χ2v) is 2.50. The summed E-state index contributed by atoms with van der Waals surface area (Å²) in [5.74, 6) is -0.215. The Kier molecular flexibility index (Phi) is 3.07. The van der Waals surface area contributed by atoms with Crippen molar-refractivity contribution in [2.75, 3.05) is 0 Å². The monoisotopic (exact) mass is 246 g/mol. The van der Waals surface area contributed by atoms with Crippen molar-refractivity contribution < 1.29 is 0 Å². The molecule has 0 amide bonds. The molecule has 0 unspecified atom stereocenters. The molecule has 0 spiro atoms. The summed E-state index contributed by atoms with van der Waals surface area (Å²) < 4.78 is 0. The van der Waals surface area contributed by atoms with Gasteiger partial charge in [-0.1, -0.05) is 0 Å². The average molecular weight is 246 g/mol. The van der Waals surface area contributed by atoms with Crippen LogP contribution in [0.2, 0.25) is 0 Å². The maximum atomic E-state index is 8.14. The van der Waals surface area contributed by atoms with Crippen LogP contribution in [0.4, 0.5) is 23.8 Å². The minimum atomic E-state index is -0.0625. The molecule has 2 aromatic heterocycles. The van der Waals surface area contributed by atoms with Crippen LogP contribution in [0.25, 0.3) is 20.9 Å². The molecule has 0 aliphatic carbocycles. The van der Waals surface area contributed by atoms with E-state index in [0.29, 0.717) is 0 Å². The molecular weight excluding hydrogens is 244 g/mol. The third-order valence-electron chi connectivity index (χ3n) is 1.43. The van der Waals surface area contributed by atoms with Gasteiger partial charge in [-0.3, -0.25) is 10.2 Å². The van der Waals surface area contributed by atoms with E-state index in [1.807, 2.05) is 0 Å². The lowest BCUT2D eigenvalue weighted by molar-refractivity contribution is 1.01. The molecule has 0 aliphatic heterocycles. The molecule has 2 N–H and O–H groups in total. The molecule has 0 aromatic carbocycles. The highest BCUT2D eigenvalue weighted by Crippen LogP contribution is 2.14. The number of aromatic amines is 2. The Labute approximate surface area is 96.4 Å². The second kappa shape index (κ2) is 5.02. The van der Waals surface area contributed by atoms with Crippen LogP contribution in [0.15, 0.2) is 20.5 Å². The first-order valence-electron chi connectivity index (χ1n) is 4.18. The van der Waals surface area contributed by atoms with Gasteiger partial charge in [0.05, 0.1) is 0 Å². The highest BCUT2D eigenvalue weighted by molar-refractivity contribution is 5.25. The lowest BCUT2D eigenvalue weighted by Gasteiger charge is -1.78. The normalized spacial score (nSPS) is 10.0. The van der Waals surface area contributed by atoms with Crippen molar-refractivity contribution in [3.63, 3.8) is 0 Å². The summed E-state index contributed by atoms with van der Waals surface area (Å²) in [5.41, 5.74) is 16.3. The van der Waals surface area contributed by atoms with E-state index in [-0.39, 0.29) is 23.8 Å². The highest BCUT2D eigenvalue weighted by Gasteiger charge is 2.01. The molecule has 2 aromatic rings. The van der Waals surface area contributed by atoms with Crippen molar-refractivity contribution in [3.8, 4) is 0 Å². The number of azide groups is 2. The predicted octanol–water partition coefficient (Wildman–Crippen LogP) is 2.22. The third kappa shape index (κ3) is 2.54. The number of aromatic nitrogens is 6. The van der Waals surface area contributed by atoms with Gasteiger partial charge >= 0.3 is 0 Å². The molecule has 0 atom stereocenters. The fraction of sp³-hybridized carbons (Fsp3) is 0. The van der Waals surface area contributed by atoms with Gasteiger partial charge in [-0.2, -0.15) is 9.97 Å². The van der Waals surface area contributed by atoms with Crippen molar-refractivity contribution >= 4 is 23.8 Å². The van der Waals surface area contributed by atoms with E-state index >= 15 is 0 Å². The Bertz CT molecular complexity index is 601. The largest absolute Gasteiger partial charge is 0.287 e. The fourth-order valence-corrected chi connectivity index (χ4v) is 0.842. The summed E-state index contributed by atoms with van der Waals surface area (Å²) in [6, 6.07) is 0. The molecule has 14 heteroatoms. The van der Waals surface area contributed by atoms with Gasteiger partial charge in [0.1, 0.15) is 0 Å². The van der Waals surface area contributed by atoms with Gasteiger partial charge in [-0.05, 0) is 21.3 Å². The summed E-state index contributed by atoms with van der Waals surface area (Å²) in [5, 5.41) is 25.3. The second-order valence-electron chi connectivity index (χ2n) is 2.50. The van der Waals surface area contributed by atoms with Crippen LogP contribution in [0.3, 0.4) is 0 Å². The average Bonchev–Trinajstić information content (AvgIpc) is 2.97. The highest BCUT2D eigenvalue weighted by atomic mass is 15.4. The zero-order valence-electron chi connectivity index (χ0n) is 8.37. The van der Waals surface area contributed by atoms with Gasteiger partial charge in [0, 0.05) is 9.82 Å². The van der Waals surface area contributed by atoms with Crippen molar-refractivity contribution in [3.05, 3.63) is 20.9 Å². The van der Waals surface area contributed by atoms with Crippen molar-refractivity contribution in [1.82, 2.24) is 30.4 Å². The zero-order valence-corrected chi connectivity index (χ0v) is 8.37. The van der Waals surface area contributed by atoms with Crippen molar-refractivity contribution in [1.29, 1.82) is 0 Å². The quantitative estimate of drug-likeness (QED) is 0.472. The molecule has 0 aliphatic rings. The molecule has 0 bridgehead atoms. The molecular formula is C4H2N14. The van der Waals surface area contributed by atoms with Crippen LogP contribution in [0.5, 0.6) is 0 Å². The third-order valence-corrected chi connectivity index (χ3v) is 1.43. The van der Waals surface area contributed by atoms with Crippen molar-refractivity contribution in [2.24, 2.45) is 20.5 Å². The van der Waals surface area contributed by atoms with Gasteiger partial charge in [0.15, 0.2) is 0 Å². The van der Waals surface area contributed by atoms with Crippen LogP contribution >= 0.6 is 0 Å². The first-order valence-corrected chi connectivity index (χ1v) is 4.18. The Balaban J connectivity index is 2.13. The number of azo groups is 1. The maximum absolute atomic E-state index is 8.14. The molecule has 2 rings (SSSR count). The topological polar surface area (TPSA) is 205 Å². The minimum Gasteiger partial charge on any atom is -0.256 e. The molecule has 88 valence electrons. The summed E-state index contributed by atoms with van der Waals surface area (Å²) >= 11 is 0. The Morgan fingerprint density at radius 1 is 0.833 bits per heavy atom. The number of rotatable bonds is 4. The van der Waals surface area contributed by atoms with Gasteiger partial charge in [-0.25, -0.2) is 0 Å². The number of nitrogens with zero attached hydrogens (tertiary/aromatic N) is 12. The smallest absolute Gasteiger partial charge is 0.256 e. The van der Waals surface area contributed by atoms with E-state index in [9.17, 15) is 0 Å². The van der Waals surface area contributed by atoms with Crippen molar-refractivity contribution in [2.45, 2.75) is 0 Å². The predicted molar refractivity (Wildman–Crippen MR) is 54.6 cm³/mol. The number of hydrogen-bond donors (Lipinski definition) is 2. The first-order chi connectivity index (χ1) is 8.81. The summed E-state index contributed by atoms with van der Waals surface area (Å²) in [7, 11) is 0. The Morgan fingerprint density at radius 2 is 1.28 bits per heavy atom. The van der Waals surface area contributed by atoms with E-state index in [4.69, 9.17) is 11.1 Å². The standard InChI is InChI=1S/C4H2N14/c5-17-15-3-7-1(11-13-3)9-10-2-8-4(14-12-2)16-18-6/h(H,7,11,13)(H,8,12,14). The number of H-pyrrole nitrogens is 2. The lowest BCUT2D eigenvalue weighted by Crippen LogP contribution is -1.68. The maximum Gasteiger partial charge on any atom is 0.287 e. The molecule has 0 fully saturated rings. The van der Waals surface area contributed by atoms with E-state index in [1.54, 1.807) is 0 Å². The molecule has 0 radical (unpaired) electrons. The van der Waals surface area contributed by atoms with Gasteiger partial charge in [0.25, 0.3) is 11.9 Å². The number of hydrogen-bond acceptors (Lipinski definition) is 8. The first kappa shape index (κ1) is 11.0.